The van der Waals surface area contributed by atoms with Gasteiger partial charge in [0.15, 0.2) is 0 Å². The molecule has 0 spiro atoms. The first-order valence-corrected chi connectivity index (χ1v) is 5.92. The van der Waals surface area contributed by atoms with Gasteiger partial charge in [-0.3, -0.25) is 0 Å². The van der Waals surface area contributed by atoms with Crippen LogP contribution in [0.5, 0.6) is 0 Å². The van der Waals surface area contributed by atoms with Gasteiger partial charge in [-0.15, -0.1) is 0 Å². The van der Waals surface area contributed by atoms with Gasteiger partial charge in [-0.05, 0) is 18.9 Å². The van der Waals surface area contributed by atoms with Crippen LogP contribution in [0.15, 0.2) is 41.3 Å². The maximum atomic E-state index is 4.44. The maximum absolute atomic E-state index is 4.44. The molecule has 15 heavy (non-hydrogen) atoms. The van der Waals surface area contributed by atoms with Crippen molar-refractivity contribution in [2.75, 3.05) is 0 Å². The van der Waals surface area contributed by atoms with Gasteiger partial charge in [-0.1, -0.05) is 34.1 Å². The molecule has 0 atom stereocenters. The number of imidazole rings is 1. The standard InChI is InChI=1S/C12H11BrN2/c13-11-4-2-1-3-10(11)12-7-15(8-14-12)9-5-6-9/h1-4,7-9H,5-6H2. The molecule has 0 N–H and O–H groups in total. The Kier molecular flexibility index (Phi) is 2.13. The van der Waals surface area contributed by atoms with Crippen LogP contribution in [0.2, 0.25) is 0 Å². The minimum absolute atomic E-state index is 0.703. The molecule has 1 aromatic carbocycles. The van der Waals surface area contributed by atoms with E-state index in [-0.39, 0.29) is 0 Å². The van der Waals surface area contributed by atoms with Crippen LogP contribution in [0.4, 0.5) is 0 Å². The first kappa shape index (κ1) is 9.16. The van der Waals surface area contributed by atoms with Gasteiger partial charge in [0.2, 0.25) is 0 Å². The van der Waals surface area contributed by atoms with Crippen LogP contribution in [0.25, 0.3) is 11.3 Å². The van der Waals surface area contributed by atoms with Crippen LogP contribution < -0.4 is 0 Å². The second-order valence-corrected chi connectivity index (χ2v) is 4.77. The smallest absolute Gasteiger partial charge is 0.0956 e. The molecule has 2 aromatic rings. The van der Waals surface area contributed by atoms with Crippen molar-refractivity contribution in [2.45, 2.75) is 18.9 Å². The highest BCUT2D eigenvalue weighted by Crippen LogP contribution is 2.36. The molecule has 1 aliphatic carbocycles. The zero-order valence-corrected chi connectivity index (χ0v) is 9.81. The van der Waals surface area contributed by atoms with Gasteiger partial charge in [0, 0.05) is 22.3 Å². The van der Waals surface area contributed by atoms with Crippen molar-refractivity contribution in [2.24, 2.45) is 0 Å². The summed E-state index contributed by atoms with van der Waals surface area (Å²) in [7, 11) is 0. The predicted molar refractivity (Wildman–Crippen MR) is 63.6 cm³/mol. The first-order valence-electron chi connectivity index (χ1n) is 5.13. The minimum atomic E-state index is 0.703. The molecule has 0 unspecified atom stereocenters. The highest BCUT2D eigenvalue weighted by molar-refractivity contribution is 9.10. The highest BCUT2D eigenvalue weighted by Gasteiger charge is 2.23. The lowest BCUT2D eigenvalue weighted by atomic mass is 10.2. The number of halogens is 1. The van der Waals surface area contributed by atoms with Gasteiger partial charge >= 0.3 is 0 Å². The zero-order chi connectivity index (χ0) is 10.3. The molecule has 0 saturated heterocycles. The summed E-state index contributed by atoms with van der Waals surface area (Å²) in [6.45, 7) is 0. The summed E-state index contributed by atoms with van der Waals surface area (Å²) in [5, 5.41) is 0. The Morgan fingerprint density at radius 2 is 2.07 bits per heavy atom. The number of benzene rings is 1. The Morgan fingerprint density at radius 3 is 2.80 bits per heavy atom. The van der Waals surface area contributed by atoms with Gasteiger partial charge in [-0.2, -0.15) is 0 Å². The topological polar surface area (TPSA) is 17.8 Å². The SMILES string of the molecule is Brc1ccccc1-c1cn(C2CC2)cn1. The van der Waals surface area contributed by atoms with Crippen LogP contribution in [0.3, 0.4) is 0 Å². The van der Waals surface area contributed by atoms with Crippen molar-refractivity contribution in [3.8, 4) is 11.3 Å². The molecular formula is C12H11BrN2. The molecular weight excluding hydrogens is 252 g/mol. The van der Waals surface area contributed by atoms with E-state index >= 15 is 0 Å². The van der Waals surface area contributed by atoms with E-state index in [2.05, 4.69) is 37.7 Å². The minimum Gasteiger partial charge on any atom is -0.334 e. The molecule has 0 amide bonds. The van der Waals surface area contributed by atoms with Gasteiger partial charge < -0.3 is 4.57 Å². The summed E-state index contributed by atoms with van der Waals surface area (Å²) in [6.07, 6.45) is 6.67. The molecule has 0 aliphatic heterocycles. The average Bonchev–Trinajstić information content (AvgIpc) is 2.99. The van der Waals surface area contributed by atoms with E-state index in [4.69, 9.17) is 0 Å². The molecule has 1 heterocycles. The summed E-state index contributed by atoms with van der Waals surface area (Å²) in [5.74, 6) is 0. The zero-order valence-electron chi connectivity index (χ0n) is 8.23. The first-order chi connectivity index (χ1) is 7.34. The van der Waals surface area contributed by atoms with E-state index in [0.717, 1.165) is 15.7 Å². The third kappa shape index (κ3) is 1.72. The van der Waals surface area contributed by atoms with Crippen LogP contribution in [0.1, 0.15) is 18.9 Å². The van der Waals surface area contributed by atoms with Gasteiger partial charge in [0.1, 0.15) is 0 Å². The van der Waals surface area contributed by atoms with Crippen LogP contribution >= 0.6 is 15.9 Å². The molecule has 3 heteroatoms. The van der Waals surface area contributed by atoms with Crippen molar-refractivity contribution < 1.29 is 0 Å². The lowest BCUT2D eigenvalue weighted by Gasteiger charge is -1.99. The van der Waals surface area contributed by atoms with E-state index in [1.165, 1.54) is 12.8 Å². The maximum Gasteiger partial charge on any atom is 0.0956 e. The largest absolute Gasteiger partial charge is 0.334 e. The van der Waals surface area contributed by atoms with Crippen molar-refractivity contribution in [1.82, 2.24) is 9.55 Å². The van der Waals surface area contributed by atoms with Crippen molar-refractivity contribution in [1.29, 1.82) is 0 Å². The number of nitrogens with zero attached hydrogens (tertiary/aromatic N) is 2. The van der Waals surface area contributed by atoms with Crippen LogP contribution in [-0.4, -0.2) is 9.55 Å². The fourth-order valence-corrected chi connectivity index (χ4v) is 2.21. The monoisotopic (exact) mass is 262 g/mol. The van der Waals surface area contributed by atoms with Crippen molar-refractivity contribution in [3.63, 3.8) is 0 Å². The Balaban J connectivity index is 2.01. The fraction of sp³-hybridized carbons (Fsp3) is 0.250. The second-order valence-electron chi connectivity index (χ2n) is 3.92. The summed E-state index contributed by atoms with van der Waals surface area (Å²) >= 11 is 3.55. The lowest BCUT2D eigenvalue weighted by molar-refractivity contribution is 0.741. The quantitative estimate of drug-likeness (QED) is 0.808. The second kappa shape index (κ2) is 3.49. The van der Waals surface area contributed by atoms with Gasteiger partial charge in [0.05, 0.1) is 12.0 Å². The molecule has 1 aliphatic rings. The summed E-state index contributed by atoms with van der Waals surface area (Å²) in [6, 6.07) is 8.89. The average molecular weight is 263 g/mol. The third-order valence-corrected chi connectivity index (χ3v) is 3.41. The summed E-state index contributed by atoms with van der Waals surface area (Å²) < 4.78 is 3.32. The Bertz CT molecular complexity index is 486. The van der Waals surface area contributed by atoms with E-state index in [1.807, 2.05) is 24.5 Å². The van der Waals surface area contributed by atoms with Gasteiger partial charge in [0.25, 0.3) is 0 Å². The van der Waals surface area contributed by atoms with E-state index in [0.29, 0.717) is 6.04 Å². The lowest BCUT2D eigenvalue weighted by Crippen LogP contribution is -1.86. The Labute approximate surface area is 97.1 Å². The molecule has 76 valence electrons. The number of hydrogen-bond acceptors (Lipinski definition) is 1. The van der Waals surface area contributed by atoms with Gasteiger partial charge in [-0.25, -0.2) is 4.98 Å². The molecule has 3 rings (SSSR count). The third-order valence-electron chi connectivity index (χ3n) is 2.72. The number of rotatable bonds is 2. The fourth-order valence-electron chi connectivity index (χ4n) is 1.72. The van der Waals surface area contributed by atoms with Crippen molar-refractivity contribution in [3.05, 3.63) is 41.3 Å². The van der Waals surface area contributed by atoms with E-state index < -0.39 is 0 Å². The molecule has 1 aromatic heterocycles. The van der Waals surface area contributed by atoms with Crippen LogP contribution in [0, 0.1) is 0 Å². The Morgan fingerprint density at radius 1 is 1.27 bits per heavy atom. The molecule has 2 nitrogen and oxygen atoms in total. The molecule has 1 saturated carbocycles. The normalized spacial score (nSPS) is 15.5. The molecule has 0 radical (unpaired) electrons. The molecule has 1 fully saturated rings. The summed E-state index contributed by atoms with van der Waals surface area (Å²) in [4.78, 5) is 4.44. The number of hydrogen-bond donors (Lipinski definition) is 0. The summed E-state index contributed by atoms with van der Waals surface area (Å²) in [5.41, 5.74) is 2.21. The van der Waals surface area contributed by atoms with E-state index in [9.17, 15) is 0 Å². The molecule has 0 bridgehead atoms. The highest BCUT2D eigenvalue weighted by atomic mass is 79.9. The Hall–Kier alpha value is -1.09. The number of aromatic nitrogens is 2. The van der Waals surface area contributed by atoms with Crippen LogP contribution in [-0.2, 0) is 0 Å². The predicted octanol–water partition coefficient (Wildman–Crippen LogP) is 3.65. The van der Waals surface area contributed by atoms with E-state index in [1.54, 1.807) is 0 Å². The van der Waals surface area contributed by atoms with Crippen molar-refractivity contribution >= 4 is 15.9 Å².